The van der Waals surface area contributed by atoms with Gasteiger partial charge in [0.15, 0.2) is 46.5 Å². The summed E-state index contributed by atoms with van der Waals surface area (Å²) in [5.74, 6) is -5.59. The van der Waals surface area contributed by atoms with Crippen LogP contribution in [0.5, 0.6) is 0 Å². The maximum atomic E-state index is 14.0. The third kappa shape index (κ3) is 24.7. The molecule has 8 aliphatic rings. The lowest BCUT2D eigenvalue weighted by Crippen LogP contribution is -2.24. The van der Waals surface area contributed by atoms with Gasteiger partial charge in [-0.15, -0.1) is 45.3 Å². The summed E-state index contributed by atoms with van der Waals surface area (Å²) in [6, 6.07) is 16.2. The number of fused-ring (bicyclic) bond motifs is 4. The molecule has 28 nitrogen and oxygen atoms in total. The van der Waals surface area contributed by atoms with E-state index in [0.29, 0.717) is 207 Å². The van der Waals surface area contributed by atoms with E-state index in [0.717, 1.165) is 85.0 Å². The number of carbonyl (C=O) groups excluding carboxylic acids is 4. The van der Waals surface area contributed by atoms with Crippen molar-refractivity contribution >= 4 is 131 Å². The molecule has 16 atom stereocenters. The third-order valence-corrected chi connectivity index (χ3v) is 32.4. The minimum Gasteiger partial charge on any atom is -0.396 e. The summed E-state index contributed by atoms with van der Waals surface area (Å²) < 4.78 is 161. The van der Waals surface area contributed by atoms with Crippen LogP contribution in [0.3, 0.4) is 0 Å². The van der Waals surface area contributed by atoms with E-state index in [4.69, 9.17) is 69.7 Å². The van der Waals surface area contributed by atoms with Gasteiger partial charge >= 0.3 is 10.3 Å². The molecule has 8 aromatic heterocycles. The first kappa shape index (κ1) is 106. The summed E-state index contributed by atoms with van der Waals surface area (Å²) >= 11 is 23.4. The Labute approximate surface area is 848 Å². The van der Waals surface area contributed by atoms with Gasteiger partial charge in [-0.25, -0.2) is 80.1 Å². The normalized spacial score (nSPS) is 23.6. The molecule has 4 saturated carbocycles. The Morgan fingerprint density at radius 1 is 0.427 bits per heavy atom. The molecule has 143 heavy (non-hydrogen) atoms. The number of aliphatic hydroxyl groups excluding tert-OH is 4. The van der Waals surface area contributed by atoms with Crippen LogP contribution in [0.1, 0.15) is 226 Å². The fourth-order valence-corrected chi connectivity index (χ4v) is 24.3. The first-order valence-corrected chi connectivity index (χ1v) is 52.0. The number of aromatic nitrogens is 8. The molecule has 4 aromatic carbocycles. The van der Waals surface area contributed by atoms with E-state index in [2.05, 4.69) is 80.8 Å². The lowest BCUT2D eigenvalue weighted by molar-refractivity contribution is 0.0694. The number of aliphatic hydroxyl groups is 4. The van der Waals surface area contributed by atoms with Crippen molar-refractivity contribution in [3.05, 3.63) is 303 Å². The van der Waals surface area contributed by atoms with Crippen molar-refractivity contribution in [3.63, 3.8) is 0 Å². The van der Waals surface area contributed by atoms with Crippen molar-refractivity contribution in [1.29, 1.82) is 0 Å². The molecule has 0 spiro atoms. The van der Waals surface area contributed by atoms with Gasteiger partial charge in [0, 0.05) is 87.2 Å². The van der Waals surface area contributed by atoms with Crippen LogP contribution < -0.4 is 26.8 Å². The van der Waals surface area contributed by atoms with Gasteiger partial charge in [0.05, 0.1) is 89.6 Å². The van der Waals surface area contributed by atoms with Gasteiger partial charge in [0.25, 0.3) is 0 Å². The number of rotatable bonds is 24. The predicted molar refractivity (Wildman–Crippen MR) is 523 cm³/mol. The number of anilines is 3. The van der Waals surface area contributed by atoms with Crippen LogP contribution in [0.4, 0.5) is 52.6 Å². The lowest BCUT2D eigenvalue weighted by Gasteiger charge is -2.26. The second kappa shape index (κ2) is 46.7. The van der Waals surface area contributed by atoms with E-state index < -0.39 is 93.3 Å². The molecule has 758 valence electrons. The van der Waals surface area contributed by atoms with Crippen LogP contribution in [0.15, 0.2) is 134 Å². The van der Waals surface area contributed by atoms with Gasteiger partial charge < -0.3 is 61.1 Å². The molecule has 4 unspecified atom stereocenters. The molecule has 44 heteroatoms. The van der Waals surface area contributed by atoms with Crippen molar-refractivity contribution in [2.24, 2.45) is 52.3 Å². The number of ether oxygens (including phenoxy) is 4. The van der Waals surface area contributed by atoms with E-state index in [1.165, 1.54) is 103 Å². The van der Waals surface area contributed by atoms with Gasteiger partial charge in [-0.2, -0.15) is 8.42 Å². The number of halogens is 11. The quantitative estimate of drug-likeness (QED) is 0.0154. The van der Waals surface area contributed by atoms with Gasteiger partial charge in [-0.05, 0) is 252 Å². The Hall–Kier alpha value is -10.1. The van der Waals surface area contributed by atoms with Crippen molar-refractivity contribution in [3.8, 4) is 0 Å². The Kier molecular flexibility index (Phi) is 34.5. The van der Waals surface area contributed by atoms with Gasteiger partial charge in [-0.3, -0.25) is 23.4 Å². The molecule has 0 radical (unpaired) electrons. The standard InChI is InChI=1S/C25H24ClF2N3O3S.C25H25F2N3O3S.C24H24F2N4O6S2.C18H10Cl2F2N2O2S.C7H15NO.H2/c1-12-4-15(5-14(12)10-32)31-25-18(9-29-11-30-25)22(33)21-8-17(24(26)35-21)23-16-7-20(28)19(27)6-13(16)2-3-34-23;1-13-4-17(5-15(13)10-31)30-25-19(9-28-12-29-25)23(32)22-7-16(11-34-22)24-18-8-21(27)20(26)6-14(18)2-3-33-24;25-18-4-12-1-2-35-23(16(12)7-19(18)26)14-5-21(37-10-14)22(32)17-8-28-11-29-24(17)30-15-3-13(20(31)6-15)9-36-38(27,33)34;19-17-11(6-23-7-24-17)15(25)14-5-10(18(20)27-14)16-9-4-13(22)12(21)3-8(9)1-2-26-16;1-5-2-7(8)3-6(5)4-9;/h6-9,11-12,14-15,23,32H,2-5,10H2,1H3,(H,29,30,31);6-9,11-13,15,17,24,31H,2-5,10H2,1H3,(H,28,29,30);4-5,7-8,10-11,13,15,20,23,31H,1-3,6,9H2,(H2,27,33,34)(H,28,29,30);3-7,16H,1-2H2;5-7,9H,2-4,8H2,1H3;1H/t12-,14+,15-,23?;13-,15+,17-,24?;13-,15-,20+,23?;;5-,6+,7-;/m001.0./s1. The Bertz CT molecular complexity index is 6810. The smallest absolute Gasteiger partial charge is 0.333 e. The molecule has 4 aliphatic heterocycles. The predicted octanol–water partition coefficient (Wildman–Crippen LogP) is 17.8. The van der Waals surface area contributed by atoms with Crippen LogP contribution in [0.25, 0.3) is 0 Å². The van der Waals surface area contributed by atoms with Gasteiger partial charge in [0.2, 0.25) is 23.1 Å². The number of hydrogen-bond donors (Lipinski definition) is 9. The van der Waals surface area contributed by atoms with E-state index in [-0.39, 0.29) is 103 Å². The molecule has 4 fully saturated rings. The first-order valence-electron chi connectivity index (χ1n) is 46.0. The molecule has 12 aromatic rings. The molecular weight excluding hydrogens is 2030 g/mol. The minimum absolute atomic E-state index is 0. The highest BCUT2D eigenvalue weighted by atomic mass is 35.5. The molecule has 0 bridgehead atoms. The Morgan fingerprint density at radius 2 is 0.748 bits per heavy atom. The molecule has 20 rings (SSSR count). The number of ketones is 4. The second-order valence-corrected chi connectivity index (χ2v) is 43.2. The van der Waals surface area contributed by atoms with Crippen molar-refractivity contribution in [1.82, 2.24) is 39.9 Å². The summed E-state index contributed by atoms with van der Waals surface area (Å²) in [5, 5.41) is 56.6. The summed E-state index contributed by atoms with van der Waals surface area (Å²) in [7, 11) is -4.13. The number of benzene rings is 4. The van der Waals surface area contributed by atoms with E-state index in [1.54, 1.807) is 29.6 Å². The molecule has 0 amide bonds. The van der Waals surface area contributed by atoms with Crippen molar-refractivity contribution in [2.45, 2.75) is 153 Å². The molecule has 11 N–H and O–H groups in total. The second-order valence-electron chi connectivity index (χ2n) is 36.5. The summed E-state index contributed by atoms with van der Waals surface area (Å²) in [6.45, 7) is 8.10. The summed E-state index contributed by atoms with van der Waals surface area (Å²) in [6.07, 6.45) is 15.6. The zero-order chi connectivity index (χ0) is 102. The Balaban J connectivity index is 0.000000140. The monoisotopic (exact) mass is 2130 g/mol. The highest BCUT2D eigenvalue weighted by Crippen LogP contribution is 2.47. The average molecular weight is 2130 g/mol. The highest BCUT2D eigenvalue weighted by molar-refractivity contribution is 7.84. The molecule has 4 aliphatic carbocycles. The van der Waals surface area contributed by atoms with Crippen LogP contribution in [-0.2, 0) is 59.1 Å². The molecule has 12 heterocycles. The number of nitrogens with one attached hydrogen (secondary N) is 3. The average Bonchev–Trinajstić information content (AvgIpc) is 1.54. The largest absolute Gasteiger partial charge is 0.396 e. The minimum atomic E-state index is -4.13. The Morgan fingerprint density at radius 3 is 1.10 bits per heavy atom. The van der Waals surface area contributed by atoms with Gasteiger partial charge in [-0.1, -0.05) is 55.6 Å². The molecular formula is C99H100Cl3F8N13O15S5. The van der Waals surface area contributed by atoms with Crippen LogP contribution >= 0.6 is 80.1 Å². The maximum Gasteiger partial charge on any atom is 0.333 e. The van der Waals surface area contributed by atoms with E-state index >= 15 is 0 Å². The van der Waals surface area contributed by atoms with Crippen molar-refractivity contribution < 1.29 is 108 Å². The van der Waals surface area contributed by atoms with Crippen molar-refractivity contribution in [2.75, 3.05) is 68.8 Å². The van der Waals surface area contributed by atoms with Gasteiger partial charge in [0.1, 0.15) is 72.3 Å². The van der Waals surface area contributed by atoms with E-state index in [9.17, 15) is 78.0 Å². The number of nitrogens with zero attached hydrogens (tertiary/aromatic N) is 8. The number of thiophene rings is 4. The zero-order valence-corrected chi connectivity index (χ0v) is 83.1. The van der Waals surface area contributed by atoms with Crippen LogP contribution in [0.2, 0.25) is 13.8 Å². The lowest BCUT2D eigenvalue weighted by atomic mass is 9.93. The first-order chi connectivity index (χ1) is 68.6. The highest BCUT2D eigenvalue weighted by Gasteiger charge is 2.40. The third-order valence-electron chi connectivity index (χ3n) is 27.0. The number of carbonyl (C=O) groups is 4. The van der Waals surface area contributed by atoms with Crippen LogP contribution in [0, 0.1) is 88.0 Å². The number of hydrogen-bond acceptors (Lipinski definition) is 31. The van der Waals surface area contributed by atoms with E-state index in [1.807, 2.05) is 5.38 Å². The number of nitrogens with two attached hydrogens (primary N) is 2. The summed E-state index contributed by atoms with van der Waals surface area (Å²) in [4.78, 5) is 87.0. The zero-order valence-electron chi connectivity index (χ0n) is 76.8. The maximum absolute atomic E-state index is 14.0. The SMILES string of the molecule is C[C@H]1C[C@H](N)C[C@@H]1CO.C[C@H]1C[C@H](Nc2ncncc2C(=O)c2cc(C3OCCc4cc(F)c(F)cc43)c(Cl)s2)C[C@@H]1CO.C[C@H]1C[C@H](Nc2ncncc2C(=O)c2cc(C3OCCc4cc(F)c(F)cc43)cs2)C[C@@H]1CO.NS(=O)(=O)OC[C@H]1C[C@@H](Nc2ncncc2C(=O)c2cc(C3OCCc4cc(F)c(F)cc43)cs2)C[C@@H]1O.O=C(c1cc(C2OCCc3cc(F)c(F)cc32)c(Cl)s1)c1cncnc1Cl.[HH]. The fraction of sp³-hybridized carbons (Fsp3) is 0.394. The fourth-order valence-electron chi connectivity index (χ4n) is 19.4. The molecule has 0 saturated heterocycles. The summed E-state index contributed by atoms with van der Waals surface area (Å²) in [5.41, 5.74) is 14.0. The van der Waals surface area contributed by atoms with Crippen LogP contribution in [-0.4, -0.2) is 175 Å². The topological polar surface area (TPSA) is 421 Å².